The summed E-state index contributed by atoms with van der Waals surface area (Å²) in [5, 5.41) is 0. The number of halogens is 1. The van der Waals surface area contributed by atoms with E-state index in [4.69, 9.17) is 0 Å². The van der Waals surface area contributed by atoms with Gasteiger partial charge in [-0.2, -0.15) is 0 Å². The number of Topliss-reactive ketones (excluding diaryl/α,β-unsaturated/α-hetero) is 1. The molecular formula is C4H7FO. The molecule has 0 N–H and O–H groups in total. The summed E-state index contributed by atoms with van der Waals surface area (Å²) in [7, 11) is 0. The lowest BCUT2D eigenvalue weighted by Gasteiger charge is -1.86. The van der Waals surface area contributed by atoms with Gasteiger partial charge >= 0.3 is 0 Å². The second-order valence-corrected chi connectivity index (χ2v) is 1.23. The zero-order chi connectivity index (χ0) is 5.15. The molecule has 0 heterocycles. The average molecular weight is 90.1 g/mol. The quantitative estimate of drug-likeness (QED) is 0.468. The molecule has 0 amide bonds. The third kappa shape index (κ3) is 1.88. The van der Waals surface area contributed by atoms with Crippen LogP contribution in [0.3, 0.4) is 0 Å². The Labute approximate surface area is 36.2 Å². The SMILES string of the molecule is CC(=O)[C@H](C)F. The lowest BCUT2D eigenvalue weighted by Crippen LogP contribution is -2.04. The number of ketones is 1. The van der Waals surface area contributed by atoms with Crippen molar-refractivity contribution in [3.63, 3.8) is 0 Å². The first kappa shape index (κ1) is 5.60. The number of rotatable bonds is 1. The minimum Gasteiger partial charge on any atom is -0.297 e. The van der Waals surface area contributed by atoms with Crippen LogP contribution in [0, 0.1) is 0 Å². The van der Waals surface area contributed by atoms with E-state index in [2.05, 4.69) is 0 Å². The molecule has 6 heavy (non-hydrogen) atoms. The van der Waals surface area contributed by atoms with E-state index in [9.17, 15) is 9.18 Å². The summed E-state index contributed by atoms with van der Waals surface area (Å²) in [5.74, 6) is -0.407. The first-order chi connectivity index (χ1) is 2.64. The van der Waals surface area contributed by atoms with Crippen LogP contribution in [0.15, 0.2) is 0 Å². The van der Waals surface area contributed by atoms with E-state index in [1.807, 2.05) is 0 Å². The molecule has 0 radical (unpaired) electrons. The third-order valence-electron chi connectivity index (χ3n) is 0.560. The molecule has 0 aliphatic heterocycles. The van der Waals surface area contributed by atoms with Gasteiger partial charge < -0.3 is 0 Å². The van der Waals surface area contributed by atoms with Crippen LogP contribution in [0.25, 0.3) is 0 Å². The molecule has 0 rings (SSSR count). The van der Waals surface area contributed by atoms with Crippen LogP contribution in [0.5, 0.6) is 0 Å². The van der Waals surface area contributed by atoms with Gasteiger partial charge in [-0.1, -0.05) is 0 Å². The van der Waals surface area contributed by atoms with Crippen molar-refractivity contribution in [3.05, 3.63) is 0 Å². The van der Waals surface area contributed by atoms with Crippen molar-refractivity contribution in [2.24, 2.45) is 0 Å². The Morgan fingerprint density at radius 2 is 2.00 bits per heavy atom. The highest BCUT2D eigenvalue weighted by atomic mass is 19.1. The zero-order valence-electron chi connectivity index (χ0n) is 3.86. The van der Waals surface area contributed by atoms with Gasteiger partial charge in [-0.15, -0.1) is 0 Å². The minimum absolute atomic E-state index is 0.407. The van der Waals surface area contributed by atoms with Crippen LogP contribution in [-0.2, 0) is 4.79 Å². The Hall–Kier alpha value is -0.400. The zero-order valence-corrected chi connectivity index (χ0v) is 3.86. The highest BCUT2D eigenvalue weighted by Gasteiger charge is 2.00. The molecule has 2 heteroatoms. The van der Waals surface area contributed by atoms with Gasteiger partial charge in [0.05, 0.1) is 0 Å². The fourth-order valence-corrected chi connectivity index (χ4v) is 0. The molecule has 36 valence electrons. The molecule has 0 aliphatic rings. The van der Waals surface area contributed by atoms with Crippen molar-refractivity contribution >= 4 is 5.78 Å². The molecule has 0 fully saturated rings. The molecule has 1 nitrogen and oxygen atoms in total. The first-order valence-electron chi connectivity index (χ1n) is 1.79. The number of carbonyl (C=O) groups is 1. The highest BCUT2D eigenvalue weighted by Crippen LogP contribution is 1.85. The van der Waals surface area contributed by atoms with E-state index in [1.165, 1.54) is 13.8 Å². The van der Waals surface area contributed by atoms with Crippen LogP contribution < -0.4 is 0 Å². The molecule has 0 saturated carbocycles. The van der Waals surface area contributed by atoms with Crippen molar-refractivity contribution in [3.8, 4) is 0 Å². The van der Waals surface area contributed by atoms with E-state index < -0.39 is 12.0 Å². The first-order valence-corrected chi connectivity index (χ1v) is 1.79. The predicted octanol–water partition coefficient (Wildman–Crippen LogP) is 0.933. The van der Waals surface area contributed by atoms with Gasteiger partial charge in [-0.3, -0.25) is 4.79 Å². The Balaban J connectivity index is 3.26. The molecule has 0 saturated heterocycles. The number of hydrogen-bond acceptors (Lipinski definition) is 1. The highest BCUT2D eigenvalue weighted by molar-refractivity contribution is 5.79. The van der Waals surface area contributed by atoms with Gasteiger partial charge in [0.1, 0.15) is 0 Å². The van der Waals surface area contributed by atoms with Crippen molar-refractivity contribution in [2.45, 2.75) is 20.0 Å². The molecule has 0 unspecified atom stereocenters. The van der Waals surface area contributed by atoms with Gasteiger partial charge in [0.2, 0.25) is 0 Å². The summed E-state index contributed by atoms with van der Waals surface area (Å²) in [6.45, 7) is 2.45. The molecule has 0 aromatic rings. The van der Waals surface area contributed by atoms with Crippen LogP contribution in [-0.4, -0.2) is 12.0 Å². The van der Waals surface area contributed by atoms with Crippen molar-refractivity contribution < 1.29 is 9.18 Å². The fourth-order valence-electron chi connectivity index (χ4n) is 0. The number of hydrogen-bond donors (Lipinski definition) is 0. The summed E-state index contributed by atoms with van der Waals surface area (Å²) in [6.07, 6.45) is -1.29. The maximum absolute atomic E-state index is 11.5. The second-order valence-electron chi connectivity index (χ2n) is 1.23. The van der Waals surface area contributed by atoms with Crippen LogP contribution in [0.4, 0.5) is 4.39 Å². The largest absolute Gasteiger partial charge is 0.297 e. The Bertz CT molecular complexity index is 58.6. The summed E-state index contributed by atoms with van der Waals surface area (Å²) in [6, 6.07) is 0. The van der Waals surface area contributed by atoms with Gasteiger partial charge in [0, 0.05) is 0 Å². The third-order valence-corrected chi connectivity index (χ3v) is 0.560. The molecular weight excluding hydrogens is 83.0 g/mol. The van der Waals surface area contributed by atoms with E-state index in [0.717, 1.165) is 0 Å². The molecule has 0 aromatic heterocycles. The molecule has 0 aromatic carbocycles. The normalized spacial score (nSPS) is 13.8. The van der Waals surface area contributed by atoms with Crippen molar-refractivity contribution in [1.82, 2.24) is 0 Å². The molecule has 0 bridgehead atoms. The lowest BCUT2D eigenvalue weighted by molar-refractivity contribution is -0.121. The van der Waals surface area contributed by atoms with E-state index in [0.29, 0.717) is 0 Å². The van der Waals surface area contributed by atoms with Gasteiger partial charge in [0.25, 0.3) is 0 Å². The number of alkyl halides is 1. The topological polar surface area (TPSA) is 17.1 Å². The van der Waals surface area contributed by atoms with Crippen LogP contribution in [0.2, 0.25) is 0 Å². The van der Waals surface area contributed by atoms with Gasteiger partial charge in [-0.05, 0) is 13.8 Å². The Kier molecular flexibility index (Phi) is 1.77. The minimum atomic E-state index is -1.29. The van der Waals surface area contributed by atoms with Crippen LogP contribution in [0.1, 0.15) is 13.8 Å². The van der Waals surface area contributed by atoms with Crippen molar-refractivity contribution in [2.75, 3.05) is 0 Å². The molecule has 1 atom stereocenters. The second kappa shape index (κ2) is 1.90. The lowest BCUT2D eigenvalue weighted by atomic mass is 10.3. The standard InChI is InChI=1S/C4H7FO/c1-3(5)4(2)6/h3H,1-2H3/t3-/m0/s1. The maximum atomic E-state index is 11.5. The smallest absolute Gasteiger partial charge is 0.163 e. The summed E-state index contributed by atoms with van der Waals surface area (Å²) in [5.41, 5.74) is 0. The van der Waals surface area contributed by atoms with E-state index in [-0.39, 0.29) is 0 Å². The Morgan fingerprint density at radius 1 is 1.83 bits per heavy atom. The predicted molar refractivity (Wildman–Crippen MR) is 21.3 cm³/mol. The average Bonchev–Trinajstić information content (AvgIpc) is 1.36. The van der Waals surface area contributed by atoms with Gasteiger partial charge in [0.15, 0.2) is 12.0 Å². The number of carbonyl (C=O) groups excluding carboxylic acids is 1. The summed E-state index contributed by atoms with van der Waals surface area (Å²) >= 11 is 0. The maximum Gasteiger partial charge on any atom is 0.163 e. The van der Waals surface area contributed by atoms with Gasteiger partial charge in [-0.25, -0.2) is 4.39 Å². The van der Waals surface area contributed by atoms with Crippen molar-refractivity contribution in [1.29, 1.82) is 0 Å². The monoisotopic (exact) mass is 90.0 g/mol. The summed E-state index contributed by atoms with van der Waals surface area (Å²) < 4.78 is 11.5. The summed E-state index contributed by atoms with van der Waals surface area (Å²) in [4.78, 5) is 9.77. The molecule has 0 aliphatic carbocycles. The Morgan fingerprint density at radius 3 is 2.00 bits per heavy atom. The van der Waals surface area contributed by atoms with E-state index >= 15 is 0 Å². The van der Waals surface area contributed by atoms with E-state index in [1.54, 1.807) is 0 Å². The van der Waals surface area contributed by atoms with Crippen LogP contribution >= 0.6 is 0 Å². The fraction of sp³-hybridized carbons (Fsp3) is 0.750. The molecule has 0 spiro atoms.